The number of phenols is 1. The van der Waals surface area contributed by atoms with Crippen molar-refractivity contribution in [3.63, 3.8) is 0 Å². The number of aromatic hydroxyl groups is 1. The number of piperidine rings is 2. The van der Waals surface area contributed by atoms with E-state index in [-0.39, 0.29) is 58.0 Å². The Balaban J connectivity index is 0.00000209. The largest absolute Gasteiger partial charge is 0.508 e. The molecule has 2 amide bonds. The Bertz CT molecular complexity index is 3000. The number of rotatable bonds is 15. The highest BCUT2D eigenvalue weighted by Gasteiger charge is 2.51. The van der Waals surface area contributed by atoms with Crippen molar-refractivity contribution < 1.29 is 42.2 Å². The number of aromatic nitrogens is 3. The maximum absolute atomic E-state index is 17.1. The number of nitrogens with zero attached hydrogens (tertiary/aromatic N) is 8. The standard InChI is InChI=1S/C55H61F3N8O6.C2H7N/c1-3-38-43(56)9-8-34-22-37(69)23-41(46(34)38)48-47(58)49-42(28-59-48)50(65-14-4-6-33(2)29-65)61-53(60-49)72-32-55(10-11-55)31-62-15-12-54(13-16-62)26-36(27-54)63-17-19-64(20-18-63)45-25-40-39(24-44(45)57)51(70)66(52(40)71)35(30-68)7-5-21-67;1-3-2/h8-9,21-25,28,30,33,35-36,69H,3-7,10-20,26-27,29,31-32H2,1-2H3;3H,1-2H3/t33-,35?;/m0./s1. The minimum Gasteiger partial charge on any atom is -0.508 e. The number of hydrogen-bond donors (Lipinski definition) is 2. The van der Waals surface area contributed by atoms with E-state index in [1.54, 1.807) is 18.3 Å². The van der Waals surface area contributed by atoms with E-state index in [0.29, 0.717) is 89.2 Å². The minimum atomic E-state index is -1.08. The van der Waals surface area contributed by atoms with E-state index < -0.39 is 35.3 Å². The lowest BCUT2D eigenvalue weighted by atomic mass is 9.60. The normalized spacial score (nSPS) is 21.0. The molecule has 1 spiro atoms. The number of aryl methyl sites for hydroxylation is 1. The Labute approximate surface area is 435 Å². The Hall–Kier alpha value is -6.24. The summed E-state index contributed by atoms with van der Waals surface area (Å²) in [5.74, 6) is -2.09. The Morgan fingerprint density at radius 1 is 0.880 bits per heavy atom. The number of hydrogen-bond acceptors (Lipinski definition) is 14. The summed E-state index contributed by atoms with van der Waals surface area (Å²) in [4.78, 5) is 73.4. The van der Waals surface area contributed by atoms with Gasteiger partial charge in [-0.15, -0.1) is 0 Å². The average molecular weight is 1030 g/mol. The second-order valence-corrected chi connectivity index (χ2v) is 22.1. The highest BCUT2D eigenvalue weighted by atomic mass is 19.1. The number of pyridine rings is 1. The van der Waals surface area contributed by atoms with Gasteiger partial charge in [0.05, 0.1) is 34.8 Å². The molecule has 1 unspecified atom stereocenters. The first-order chi connectivity index (χ1) is 36.2. The van der Waals surface area contributed by atoms with E-state index in [9.17, 15) is 24.3 Å². The summed E-state index contributed by atoms with van der Waals surface area (Å²) in [6, 6.07) is 7.99. The third-order valence-electron chi connectivity index (χ3n) is 16.9. The molecule has 2 N–H and O–H groups in total. The molecule has 3 saturated heterocycles. The van der Waals surface area contributed by atoms with Crippen LogP contribution >= 0.6 is 0 Å². The van der Waals surface area contributed by atoms with E-state index in [1.807, 2.05) is 25.9 Å². The molecule has 18 heteroatoms. The molecular weight excluding hydrogens is 964 g/mol. The van der Waals surface area contributed by atoms with Crippen molar-refractivity contribution in [1.29, 1.82) is 0 Å². The van der Waals surface area contributed by atoms with Crippen molar-refractivity contribution in [2.45, 2.75) is 96.6 Å². The molecule has 5 aromatic rings. The first-order valence-corrected chi connectivity index (χ1v) is 26.8. The number of carbonyl (C=O) groups excluding carboxylic acids is 4. The number of anilines is 2. The fraction of sp³-hybridized carbons (Fsp3) is 0.526. The van der Waals surface area contributed by atoms with Gasteiger partial charge in [-0.3, -0.25) is 24.4 Å². The fourth-order valence-corrected chi connectivity index (χ4v) is 12.6. The van der Waals surface area contributed by atoms with Gasteiger partial charge in [0.2, 0.25) is 0 Å². The van der Waals surface area contributed by atoms with Gasteiger partial charge in [0, 0.05) is 75.5 Å². The van der Waals surface area contributed by atoms with Gasteiger partial charge in [-0.1, -0.05) is 19.9 Å². The second-order valence-electron chi connectivity index (χ2n) is 22.1. The topological polar surface area (TPSA) is 165 Å². The lowest BCUT2D eigenvalue weighted by Crippen LogP contribution is -2.59. The van der Waals surface area contributed by atoms with Crippen LogP contribution in [0.4, 0.5) is 24.7 Å². The van der Waals surface area contributed by atoms with Crippen molar-refractivity contribution in [3.8, 4) is 23.0 Å². The van der Waals surface area contributed by atoms with Crippen molar-refractivity contribution in [2.24, 2.45) is 16.7 Å². The Kier molecular flexibility index (Phi) is 14.9. The molecule has 6 aliphatic rings. The number of piperazine rings is 1. The second kappa shape index (κ2) is 21.4. The zero-order chi connectivity index (χ0) is 52.8. The van der Waals surface area contributed by atoms with Crippen LogP contribution in [0.2, 0.25) is 0 Å². The summed E-state index contributed by atoms with van der Waals surface area (Å²) >= 11 is 0. The van der Waals surface area contributed by atoms with Crippen LogP contribution < -0.4 is 19.9 Å². The van der Waals surface area contributed by atoms with Crippen LogP contribution in [0.25, 0.3) is 32.9 Å². The van der Waals surface area contributed by atoms with Crippen molar-refractivity contribution in [1.82, 2.24) is 35.0 Å². The summed E-state index contributed by atoms with van der Waals surface area (Å²) in [6.45, 7) is 11.5. The number of benzene rings is 3. The number of aldehydes is 2. The zero-order valence-corrected chi connectivity index (χ0v) is 43.5. The number of likely N-dealkylation sites (tertiary alicyclic amines) is 1. The highest BCUT2D eigenvalue weighted by molar-refractivity contribution is 6.22. The predicted octanol–water partition coefficient (Wildman–Crippen LogP) is 7.97. The molecule has 4 aliphatic heterocycles. The van der Waals surface area contributed by atoms with Crippen molar-refractivity contribution in [2.75, 3.05) is 89.4 Å². The summed E-state index contributed by atoms with van der Waals surface area (Å²) in [7, 11) is 3.75. The van der Waals surface area contributed by atoms with Gasteiger partial charge in [-0.25, -0.2) is 13.2 Å². The molecule has 0 bridgehead atoms. The molecular formula is C57H68F3N9O6. The molecule has 5 fully saturated rings. The monoisotopic (exact) mass is 1030 g/mol. The maximum atomic E-state index is 17.1. The Morgan fingerprint density at radius 3 is 2.27 bits per heavy atom. The lowest BCUT2D eigenvalue weighted by molar-refractivity contribution is -0.112. The van der Waals surface area contributed by atoms with E-state index in [1.165, 1.54) is 18.2 Å². The molecule has 6 heterocycles. The van der Waals surface area contributed by atoms with Gasteiger partial charge in [0.1, 0.15) is 47.0 Å². The van der Waals surface area contributed by atoms with Crippen molar-refractivity contribution in [3.05, 3.63) is 76.7 Å². The third kappa shape index (κ3) is 10.2. The van der Waals surface area contributed by atoms with Crippen molar-refractivity contribution >= 4 is 57.6 Å². The summed E-state index contributed by atoms with van der Waals surface area (Å²) < 4.78 is 54.4. The number of halogens is 3. The number of imide groups is 1. The Morgan fingerprint density at radius 2 is 1.60 bits per heavy atom. The van der Waals surface area contributed by atoms with Crippen LogP contribution in [0.15, 0.2) is 42.6 Å². The molecule has 2 saturated carbocycles. The molecule has 11 rings (SSSR count). The number of ether oxygens (including phenoxy) is 1. The average Bonchev–Trinajstić information content (AvgIpc) is 4.13. The van der Waals surface area contributed by atoms with Gasteiger partial charge < -0.3 is 39.4 Å². The molecule has 0 radical (unpaired) electrons. The van der Waals surface area contributed by atoms with Crippen LogP contribution in [0, 0.1) is 34.2 Å². The molecule has 3 aromatic carbocycles. The van der Waals surface area contributed by atoms with E-state index in [0.717, 1.165) is 108 Å². The van der Waals surface area contributed by atoms with Gasteiger partial charge in [0.15, 0.2) is 5.82 Å². The van der Waals surface area contributed by atoms with E-state index in [2.05, 4.69) is 31.9 Å². The van der Waals surface area contributed by atoms with Gasteiger partial charge >= 0.3 is 6.01 Å². The summed E-state index contributed by atoms with van der Waals surface area (Å²) in [6.07, 6.45) is 11.7. The number of nitrogens with one attached hydrogen (secondary N) is 1. The number of phenolic OH excluding ortho intramolecular Hbond substituents is 1. The first kappa shape index (κ1) is 52.2. The van der Waals surface area contributed by atoms with Crippen LogP contribution in [0.3, 0.4) is 0 Å². The van der Waals surface area contributed by atoms with Crippen LogP contribution in [-0.2, 0) is 16.0 Å². The van der Waals surface area contributed by atoms with E-state index >= 15 is 13.2 Å². The molecule has 75 heavy (non-hydrogen) atoms. The number of carbonyl (C=O) groups is 4. The smallest absolute Gasteiger partial charge is 0.319 e. The van der Waals surface area contributed by atoms with E-state index in [4.69, 9.17) is 14.7 Å². The van der Waals surface area contributed by atoms with Gasteiger partial charge in [-0.2, -0.15) is 9.97 Å². The predicted molar refractivity (Wildman–Crippen MR) is 281 cm³/mol. The molecule has 2 aromatic heterocycles. The van der Waals surface area contributed by atoms with Crippen LogP contribution in [-0.4, -0.2) is 151 Å². The molecule has 15 nitrogen and oxygen atoms in total. The summed E-state index contributed by atoms with van der Waals surface area (Å²) in [5.41, 5.74) is 1.32. The number of fused-ring (bicyclic) bond motifs is 3. The molecule has 2 aliphatic carbocycles. The quantitative estimate of drug-likeness (QED) is 0.0767. The molecule has 398 valence electrons. The highest BCUT2D eigenvalue weighted by Crippen LogP contribution is 2.53. The lowest BCUT2D eigenvalue weighted by Gasteiger charge is -2.56. The van der Waals surface area contributed by atoms with Crippen LogP contribution in [0.5, 0.6) is 11.8 Å². The SMILES string of the molecule is CCc1c(F)ccc2cc(O)cc(-c3ncc4c(N5CCC[C@H](C)C5)nc(OCC5(CN6CCC7(CC6)CC(N6CCN(c8cc9c(cc8F)C(=O)N(C(C=O)CCC=O)C9=O)CC6)C7)CC5)nc4c3F)c12.CNC. The molecule has 2 atom stereocenters. The third-order valence-corrected chi connectivity index (χ3v) is 16.9. The maximum Gasteiger partial charge on any atom is 0.319 e. The minimum absolute atomic E-state index is 0.0191. The summed E-state index contributed by atoms with van der Waals surface area (Å²) in [5, 5.41) is 15.1. The number of amides is 2. The zero-order valence-electron chi connectivity index (χ0n) is 43.5. The fourth-order valence-electron chi connectivity index (χ4n) is 12.6. The first-order valence-electron chi connectivity index (χ1n) is 26.8. The van der Waals surface area contributed by atoms with Gasteiger partial charge in [0.25, 0.3) is 11.8 Å². The van der Waals surface area contributed by atoms with Gasteiger partial charge in [-0.05, 0) is 149 Å². The van der Waals surface area contributed by atoms with Crippen LogP contribution in [0.1, 0.15) is 104 Å².